The molecule has 1 saturated heterocycles. The number of hydrogen-bond donors (Lipinski definition) is 0. The van der Waals surface area contributed by atoms with Gasteiger partial charge in [0.25, 0.3) is 0 Å². The molecule has 1 aliphatic heterocycles. The van der Waals surface area contributed by atoms with Crippen LogP contribution in [0.5, 0.6) is 0 Å². The molecular weight excluding hydrogens is 284 g/mol. The van der Waals surface area contributed by atoms with E-state index in [1.54, 1.807) is 0 Å². The van der Waals surface area contributed by atoms with Gasteiger partial charge in [-0.1, -0.05) is 90.8 Å². The third-order valence-corrected chi connectivity index (χ3v) is 8.64. The van der Waals surface area contributed by atoms with Crippen LogP contribution in [0.25, 0.3) is 0 Å². The van der Waals surface area contributed by atoms with Crippen LogP contribution in [0.1, 0.15) is 75.7 Å². The normalized spacial score (nSPS) is 19.9. The summed E-state index contributed by atoms with van der Waals surface area (Å²) < 4.78 is 0.232. The summed E-state index contributed by atoms with van der Waals surface area (Å²) in [4.78, 5) is 12.7. The Morgan fingerprint density at radius 1 is 0.850 bits per heavy atom. The molecular formula is C17H32OS2. The van der Waals surface area contributed by atoms with Gasteiger partial charge >= 0.3 is 0 Å². The van der Waals surface area contributed by atoms with Gasteiger partial charge in [0, 0.05) is 10.8 Å². The highest BCUT2D eigenvalue weighted by molar-refractivity contribution is 8.93. The zero-order valence-electron chi connectivity index (χ0n) is 14.9. The van der Waals surface area contributed by atoms with Crippen LogP contribution >= 0.6 is 21.6 Å². The minimum absolute atomic E-state index is 0.130. The van der Waals surface area contributed by atoms with Crippen molar-refractivity contribution in [2.24, 2.45) is 21.7 Å². The Balaban J connectivity index is 3.00. The van der Waals surface area contributed by atoms with Gasteiger partial charge in [-0.25, -0.2) is 0 Å². The second-order valence-electron chi connectivity index (χ2n) is 9.56. The van der Waals surface area contributed by atoms with Gasteiger partial charge in [0.15, 0.2) is 0 Å². The molecule has 0 atom stereocenters. The lowest BCUT2D eigenvalue weighted by Gasteiger charge is -2.45. The number of ketones is 1. The third kappa shape index (κ3) is 3.24. The van der Waals surface area contributed by atoms with Gasteiger partial charge in [-0.15, -0.1) is 0 Å². The zero-order chi connectivity index (χ0) is 16.2. The second-order valence-corrected chi connectivity index (χ2v) is 12.4. The maximum Gasteiger partial charge on any atom is 0.143 e. The first kappa shape index (κ1) is 18.4. The van der Waals surface area contributed by atoms with E-state index in [-0.39, 0.29) is 25.7 Å². The van der Waals surface area contributed by atoms with E-state index in [9.17, 15) is 4.79 Å². The maximum absolute atomic E-state index is 12.7. The lowest BCUT2D eigenvalue weighted by Crippen LogP contribution is -2.46. The molecule has 20 heavy (non-hydrogen) atoms. The molecule has 1 aliphatic rings. The molecule has 0 N–H and O–H groups in total. The topological polar surface area (TPSA) is 17.1 Å². The van der Waals surface area contributed by atoms with Gasteiger partial charge < -0.3 is 0 Å². The lowest BCUT2D eigenvalue weighted by atomic mass is 9.63. The van der Waals surface area contributed by atoms with Crippen molar-refractivity contribution in [1.82, 2.24) is 0 Å². The summed E-state index contributed by atoms with van der Waals surface area (Å²) in [6.07, 6.45) is 0.938. The smallest absolute Gasteiger partial charge is 0.143 e. The number of carbonyl (C=O) groups is 1. The zero-order valence-corrected chi connectivity index (χ0v) is 16.6. The Morgan fingerprint density at radius 3 is 1.50 bits per heavy atom. The predicted molar refractivity (Wildman–Crippen MR) is 94.0 cm³/mol. The van der Waals surface area contributed by atoms with Gasteiger partial charge in [0.2, 0.25) is 0 Å². The second kappa shape index (κ2) is 4.94. The van der Waals surface area contributed by atoms with Crippen molar-refractivity contribution in [1.29, 1.82) is 0 Å². The van der Waals surface area contributed by atoms with Gasteiger partial charge in [0.05, 0.1) is 4.08 Å². The quantitative estimate of drug-likeness (QED) is 0.455. The van der Waals surface area contributed by atoms with Gasteiger partial charge in [-0.2, -0.15) is 0 Å². The van der Waals surface area contributed by atoms with Gasteiger partial charge in [0.1, 0.15) is 5.78 Å². The number of Topliss-reactive ketones (excluding diaryl/α,β-unsaturated/α-hetero) is 1. The minimum atomic E-state index is -0.274. The Labute approximate surface area is 133 Å². The third-order valence-electron chi connectivity index (χ3n) is 4.31. The summed E-state index contributed by atoms with van der Waals surface area (Å²) in [6.45, 7) is 22.0. The summed E-state index contributed by atoms with van der Waals surface area (Å²) >= 11 is 0. The fourth-order valence-corrected chi connectivity index (χ4v) is 8.13. The molecule has 1 nitrogen and oxygen atoms in total. The van der Waals surface area contributed by atoms with Crippen molar-refractivity contribution < 1.29 is 4.79 Å². The summed E-state index contributed by atoms with van der Waals surface area (Å²) in [6, 6.07) is 0. The molecule has 118 valence electrons. The molecule has 3 heteroatoms. The van der Waals surface area contributed by atoms with Crippen molar-refractivity contribution in [3.63, 3.8) is 0 Å². The fraction of sp³-hybridized carbons (Fsp3) is 0.941. The molecule has 0 saturated carbocycles. The van der Waals surface area contributed by atoms with Crippen LogP contribution in [-0.4, -0.2) is 9.86 Å². The number of carbonyl (C=O) groups excluding carboxylic acids is 1. The van der Waals surface area contributed by atoms with E-state index >= 15 is 0 Å². The first-order chi connectivity index (χ1) is 8.57. The average Bonchev–Trinajstić information content (AvgIpc) is 2.91. The maximum atomic E-state index is 12.7. The van der Waals surface area contributed by atoms with E-state index < -0.39 is 0 Å². The summed E-state index contributed by atoms with van der Waals surface area (Å²) in [5.41, 5.74) is -0.167. The Bertz CT molecular complexity index is 390. The van der Waals surface area contributed by atoms with Crippen molar-refractivity contribution >= 4 is 27.4 Å². The Hall–Kier alpha value is 0.370. The lowest BCUT2D eigenvalue weighted by molar-refractivity contribution is -0.136. The van der Waals surface area contributed by atoms with E-state index in [2.05, 4.69) is 48.5 Å². The molecule has 1 rings (SSSR count). The Morgan fingerprint density at radius 2 is 1.25 bits per heavy atom. The molecule has 0 bridgehead atoms. The predicted octanol–water partition coefficient (Wildman–Crippen LogP) is 6.18. The summed E-state index contributed by atoms with van der Waals surface area (Å²) in [5.74, 6) is 0.373. The minimum Gasteiger partial charge on any atom is -0.299 e. The van der Waals surface area contributed by atoms with Crippen molar-refractivity contribution in [2.45, 2.75) is 79.7 Å². The van der Waals surface area contributed by atoms with Crippen LogP contribution in [-0.2, 0) is 4.79 Å². The monoisotopic (exact) mass is 316 g/mol. The van der Waals surface area contributed by atoms with Crippen LogP contribution in [0.4, 0.5) is 0 Å². The van der Waals surface area contributed by atoms with Crippen LogP contribution in [0.2, 0.25) is 0 Å². The summed E-state index contributed by atoms with van der Waals surface area (Å²) in [5, 5.41) is 0. The molecule has 0 unspecified atom stereocenters. The molecule has 0 aromatic heterocycles. The molecule has 0 radical (unpaired) electrons. The number of hydrogen-bond acceptors (Lipinski definition) is 3. The Kier molecular flexibility index (Phi) is 4.55. The van der Waals surface area contributed by atoms with Crippen LogP contribution in [0.15, 0.2) is 0 Å². The molecule has 1 fully saturated rings. The molecule has 0 aliphatic carbocycles. The van der Waals surface area contributed by atoms with Crippen molar-refractivity contribution in [3.8, 4) is 0 Å². The van der Waals surface area contributed by atoms with Gasteiger partial charge in [-0.3, -0.25) is 4.79 Å². The first-order valence-corrected chi connectivity index (χ1v) is 9.64. The molecule has 0 aromatic carbocycles. The molecule has 0 amide bonds. The van der Waals surface area contributed by atoms with Crippen molar-refractivity contribution in [3.05, 3.63) is 0 Å². The standard InChI is InChI=1S/C17H32OS2/c1-13(2,3)12(18)15(7,8)11-16(9,10)17(19-20-17)14(4,5)6/h11H2,1-10H3. The van der Waals surface area contributed by atoms with E-state index in [0.29, 0.717) is 5.78 Å². The molecule has 0 spiro atoms. The van der Waals surface area contributed by atoms with E-state index in [1.165, 1.54) is 0 Å². The van der Waals surface area contributed by atoms with Gasteiger partial charge in [-0.05, 0) is 17.3 Å². The highest BCUT2D eigenvalue weighted by atomic mass is 33.2. The van der Waals surface area contributed by atoms with E-state index in [4.69, 9.17) is 0 Å². The molecule has 1 heterocycles. The average molecular weight is 317 g/mol. The van der Waals surface area contributed by atoms with Crippen LogP contribution in [0, 0.1) is 21.7 Å². The number of rotatable bonds is 4. The largest absolute Gasteiger partial charge is 0.299 e. The van der Waals surface area contributed by atoms with Crippen LogP contribution in [0.3, 0.4) is 0 Å². The van der Waals surface area contributed by atoms with E-state index in [1.807, 2.05) is 42.4 Å². The molecule has 0 aromatic rings. The van der Waals surface area contributed by atoms with E-state index in [0.717, 1.165) is 6.42 Å². The van der Waals surface area contributed by atoms with Crippen LogP contribution < -0.4 is 0 Å². The fourth-order valence-electron chi connectivity index (χ4n) is 3.85. The van der Waals surface area contributed by atoms with Crippen molar-refractivity contribution in [2.75, 3.05) is 0 Å². The highest BCUT2D eigenvalue weighted by Crippen LogP contribution is 2.80. The highest BCUT2D eigenvalue weighted by Gasteiger charge is 2.65. The first-order valence-electron chi connectivity index (χ1n) is 7.49. The SMILES string of the molecule is CC(C)(C)C(=O)C(C)(C)CC(C)(C)C1(C(C)(C)C)SS1. The summed E-state index contributed by atoms with van der Waals surface area (Å²) in [7, 11) is 3.99.